The monoisotopic (exact) mass is 333 g/mol. The Hall–Kier alpha value is -1.96. The van der Waals surface area contributed by atoms with Crippen molar-refractivity contribution in [2.75, 3.05) is 44.0 Å². The number of carbonyl (C=O) groups is 1. The molecule has 8 heteroatoms. The molecule has 0 fully saturated rings. The lowest BCUT2D eigenvalue weighted by molar-refractivity contribution is -0.137. The van der Waals surface area contributed by atoms with Gasteiger partial charge in [0.2, 0.25) is 0 Å². The summed E-state index contributed by atoms with van der Waals surface area (Å²) in [5.41, 5.74) is -0.289. The standard InChI is InChI=1S/C15H22F3N3O2/c1-4-7-21(8-9-22)14(23)19-12-10-11(15(16,17)18)5-6-13(12)20(2)3/h5-6,10,22H,4,7-9H2,1-3H3,(H,19,23). The summed E-state index contributed by atoms with van der Waals surface area (Å²) >= 11 is 0. The highest BCUT2D eigenvalue weighted by atomic mass is 19.4. The van der Waals surface area contributed by atoms with Gasteiger partial charge in [-0.15, -0.1) is 0 Å². The van der Waals surface area contributed by atoms with Crippen molar-refractivity contribution < 1.29 is 23.1 Å². The van der Waals surface area contributed by atoms with Gasteiger partial charge < -0.3 is 20.2 Å². The Morgan fingerprint density at radius 2 is 1.91 bits per heavy atom. The molecule has 0 heterocycles. The Balaban J connectivity index is 3.10. The molecular weight excluding hydrogens is 311 g/mol. The number of aliphatic hydroxyl groups excluding tert-OH is 1. The van der Waals surface area contributed by atoms with E-state index in [1.807, 2.05) is 6.92 Å². The molecule has 2 N–H and O–H groups in total. The summed E-state index contributed by atoms with van der Waals surface area (Å²) in [6, 6.07) is 2.66. The SMILES string of the molecule is CCCN(CCO)C(=O)Nc1cc(C(F)(F)F)ccc1N(C)C. The number of hydrogen-bond acceptors (Lipinski definition) is 3. The first-order chi connectivity index (χ1) is 10.7. The third-order valence-corrected chi connectivity index (χ3v) is 3.20. The van der Waals surface area contributed by atoms with Crippen LogP contribution < -0.4 is 10.2 Å². The number of rotatable bonds is 6. The second-order valence-corrected chi connectivity index (χ2v) is 5.26. The van der Waals surface area contributed by atoms with Gasteiger partial charge in [-0.25, -0.2) is 4.79 Å². The number of halogens is 3. The van der Waals surface area contributed by atoms with E-state index in [0.29, 0.717) is 18.7 Å². The van der Waals surface area contributed by atoms with Crippen LogP contribution in [0.25, 0.3) is 0 Å². The van der Waals surface area contributed by atoms with Gasteiger partial charge in [0.25, 0.3) is 0 Å². The second-order valence-electron chi connectivity index (χ2n) is 5.26. The van der Waals surface area contributed by atoms with E-state index in [9.17, 15) is 18.0 Å². The third kappa shape index (κ3) is 5.31. The van der Waals surface area contributed by atoms with Crippen molar-refractivity contribution in [1.29, 1.82) is 0 Å². The Morgan fingerprint density at radius 1 is 1.26 bits per heavy atom. The lowest BCUT2D eigenvalue weighted by Crippen LogP contribution is -2.37. The summed E-state index contributed by atoms with van der Waals surface area (Å²) < 4.78 is 38.6. The molecule has 5 nitrogen and oxygen atoms in total. The number of aliphatic hydroxyl groups is 1. The van der Waals surface area contributed by atoms with Crippen LogP contribution in [0.1, 0.15) is 18.9 Å². The number of nitrogens with one attached hydrogen (secondary N) is 1. The minimum Gasteiger partial charge on any atom is -0.395 e. The smallest absolute Gasteiger partial charge is 0.395 e. The van der Waals surface area contributed by atoms with Gasteiger partial charge in [0.1, 0.15) is 0 Å². The minimum absolute atomic E-state index is 0.0777. The van der Waals surface area contributed by atoms with Crippen molar-refractivity contribution >= 4 is 17.4 Å². The second kappa shape index (κ2) is 8.05. The van der Waals surface area contributed by atoms with Crippen molar-refractivity contribution in [1.82, 2.24) is 4.90 Å². The summed E-state index contributed by atoms with van der Waals surface area (Å²) in [6.07, 6.45) is -3.81. The number of anilines is 2. The molecule has 0 saturated carbocycles. The maximum atomic E-state index is 12.9. The summed E-state index contributed by atoms with van der Waals surface area (Å²) in [5.74, 6) is 0. The number of nitrogens with zero attached hydrogens (tertiary/aromatic N) is 2. The third-order valence-electron chi connectivity index (χ3n) is 3.20. The molecule has 1 aromatic rings. The lowest BCUT2D eigenvalue weighted by Gasteiger charge is -2.24. The molecule has 0 aliphatic rings. The maximum Gasteiger partial charge on any atom is 0.416 e. The molecule has 0 aliphatic heterocycles. The largest absolute Gasteiger partial charge is 0.416 e. The molecule has 1 rings (SSSR count). The molecule has 0 aromatic heterocycles. The summed E-state index contributed by atoms with van der Waals surface area (Å²) in [4.78, 5) is 15.2. The highest BCUT2D eigenvalue weighted by molar-refractivity contribution is 5.93. The molecule has 0 aliphatic carbocycles. The van der Waals surface area contributed by atoms with E-state index < -0.39 is 17.8 Å². The molecule has 0 saturated heterocycles. The first kappa shape index (κ1) is 19.1. The molecular formula is C15H22F3N3O2. The van der Waals surface area contributed by atoms with Crippen molar-refractivity contribution in [2.45, 2.75) is 19.5 Å². The van der Waals surface area contributed by atoms with Crippen LogP contribution in [-0.4, -0.2) is 49.8 Å². The fourth-order valence-corrected chi connectivity index (χ4v) is 2.10. The first-order valence-electron chi connectivity index (χ1n) is 7.26. The molecule has 23 heavy (non-hydrogen) atoms. The van der Waals surface area contributed by atoms with Gasteiger partial charge in [0.15, 0.2) is 0 Å². The quantitative estimate of drug-likeness (QED) is 0.841. The van der Waals surface area contributed by atoms with E-state index in [4.69, 9.17) is 5.11 Å². The lowest BCUT2D eigenvalue weighted by atomic mass is 10.1. The van der Waals surface area contributed by atoms with Crippen LogP contribution in [0.15, 0.2) is 18.2 Å². The van der Waals surface area contributed by atoms with Crippen LogP contribution in [0.3, 0.4) is 0 Å². The van der Waals surface area contributed by atoms with Gasteiger partial charge in [0, 0.05) is 27.2 Å². The maximum absolute atomic E-state index is 12.9. The number of amides is 2. The van der Waals surface area contributed by atoms with E-state index in [2.05, 4.69) is 5.32 Å². The zero-order valence-corrected chi connectivity index (χ0v) is 13.4. The number of benzene rings is 1. The minimum atomic E-state index is -4.49. The Bertz CT molecular complexity index is 527. The van der Waals surface area contributed by atoms with Crippen LogP contribution in [0.2, 0.25) is 0 Å². The fraction of sp³-hybridized carbons (Fsp3) is 0.533. The number of carbonyl (C=O) groups excluding carboxylic acids is 1. The molecule has 130 valence electrons. The van der Waals surface area contributed by atoms with Crippen LogP contribution >= 0.6 is 0 Å². The number of urea groups is 1. The zero-order chi connectivity index (χ0) is 17.6. The highest BCUT2D eigenvalue weighted by Crippen LogP contribution is 2.35. The highest BCUT2D eigenvalue weighted by Gasteiger charge is 2.31. The first-order valence-corrected chi connectivity index (χ1v) is 7.26. The van der Waals surface area contributed by atoms with Gasteiger partial charge in [0.05, 0.1) is 23.5 Å². The fourth-order valence-electron chi connectivity index (χ4n) is 2.10. The molecule has 0 atom stereocenters. The molecule has 1 aromatic carbocycles. The predicted molar refractivity (Wildman–Crippen MR) is 83.7 cm³/mol. The molecule has 2 amide bonds. The normalized spacial score (nSPS) is 11.3. The van der Waals surface area contributed by atoms with E-state index in [0.717, 1.165) is 12.1 Å². The van der Waals surface area contributed by atoms with Crippen LogP contribution in [0.4, 0.5) is 29.3 Å². The topological polar surface area (TPSA) is 55.8 Å². The van der Waals surface area contributed by atoms with Crippen LogP contribution in [-0.2, 0) is 6.18 Å². The van der Waals surface area contributed by atoms with Crippen molar-refractivity contribution in [3.8, 4) is 0 Å². The average molecular weight is 333 g/mol. The van der Waals surface area contributed by atoms with Crippen LogP contribution in [0, 0.1) is 0 Å². The summed E-state index contributed by atoms with van der Waals surface area (Å²) in [6.45, 7) is 2.18. The van der Waals surface area contributed by atoms with Gasteiger partial charge in [-0.2, -0.15) is 13.2 Å². The van der Waals surface area contributed by atoms with Crippen molar-refractivity contribution in [2.24, 2.45) is 0 Å². The van der Waals surface area contributed by atoms with E-state index in [1.54, 1.807) is 19.0 Å². The van der Waals surface area contributed by atoms with Crippen molar-refractivity contribution in [3.05, 3.63) is 23.8 Å². The Kier molecular flexibility index (Phi) is 6.68. The number of hydrogen-bond donors (Lipinski definition) is 2. The Labute approximate surface area is 133 Å². The van der Waals surface area contributed by atoms with E-state index in [1.165, 1.54) is 11.0 Å². The molecule has 0 radical (unpaired) electrons. The van der Waals surface area contributed by atoms with Crippen molar-refractivity contribution in [3.63, 3.8) is 0 Å². The molecule has 0 spiro atoms. The zero-order valence-electron chi connectivity index (χ0n) is 13.4. The molecule has 0 bridgehead atoms. The van der Waals surface area contributed by atoms with E-state index in [-0.39, 0.29) is 18.8 Å². The predicted octanol–water partition coefficient (Wildman–Crippen LogP) is 3.01. The van der Waals surface area contributed by atoms with Gasteiger partial charge in [-0.3, -0.25) is 0 Å². The molecule has 0 unspecified atom stereocenters. The number of alkyl halides is 3. The Morgan fingerprint density at radius 3 is 2.39 bits per heavy atom. The average Bonchev–Trinajstić information content (AvgIpc) is 2.45. The van der Waals surface area contributed by atoms with E-state index >= 15 is 0 Å². The van der Waals surface area contributed by atoms with Gasteiger partial charge in [-0.05, 0) is 24.6 Å². The van der Waals surface area contributed by atoms with Gasteiger partial charge >= 0.3 is 12.2 Å². The van der Waals surface area contributed by atoms with Gasteiger partial charge in [-0.1, -0.05) is 6.92 Å². The summed E-state index contributed by atoms with van der Waals surface area (Å²) in [7, 11) is 3.35. The summed E-state index contributed by atoms with van der Waals surface area (Å²) in [5, 5.41) is 11.5. The van der Waals surface area contributed by atoms with Crippen LogP contribution in [0.5, 0.6) is 0 Å².